The summed E-state index contributed by atoms with van der Waals surface area (Å²) in [4.78, 5) is 2.55. The monoisotopic (exact) mass is 269 g/mol. The topological polar surface area (TPSA) is 3.24 Å². The summed E-state index contributed by atoms with van der Waals surface area (Å²) in [6.07, 6.45) is 2.66. The smallest absolute Gasteiger partial charge is 0.0375 e. The van der Waals surface area contributed by atoms with E-state index in [9.17, 15) is 0 Å². The molecule has 2 heteroatoms. The number of nitrogens with zero attached hydrogens (tertiary/aromatic N) is 1. The second-order valence-electron chi connectivity index (χ2n) is 5.14. The van der Waals surface area contributed by atoms with E-state index in [2.05, 4.69) is 72.6 Å². The summed E-state index contributed by atoms with van der Waals surface area (Å²) in [6.45, 7) is 1.24. The van der Waals surface area contributed by atoms with Crippen LogP contribution >= 0.6 is 7.92 Å². The van der Waals surface area contributed by atoms with Gasteiger partial charge in [0.05, 0.1) is 0 Å². The molecule has 1 unspecified atom stereocenters. The number of rotatable bonds is 3. The quantitative estimate of drug-likeness (QED) is 0.774. The maximum Gasteiger partial charge on any atom is 0.0375 e. The van der Waals surface area contributed by atoms with E-state index in [1.165, 1.54) is 30.0 Å². The highest BCUT2D eigenvalue weighted by atomic mass is 31.1. The molecule has 0 bridgehead atoms. The van der Waals surface area contributed by atoms with Gasteiger partial charge in [-0.25, -0.2) is 0 Å². The van der Waals surface area contributed by atoms with Gasteiger partial charge >= 0.3 is 0 Å². The summed E-state index contributed by atoms with van der Waals surface area (Å²) < 4.78 is 0. The fraction of sp³-hybridized carbons (Fsp3) is 0.294. The molecule has 1 heterocycles. The molecule has 0 N–H and O–H groups in total. The van der Waals surface area contributed by atoms with Gasteiger partial charge in [0.1, 0.15) is 0 Å². The van der Waals surface area contributed by atoms with Gasteiger partial charge in [0.2, 0.25) is 0 Å². The molecule has 1 nitrogen and oxygen atoms in total. The normalized spacial score (nSPS) is 20.0. The van der Waals surface area contributed by atoms with Crippen LogP contribution in [0.3, 0.4) is 0 Å². The maximum atomic E-state index is 2.55. The minimum absolute atomic E-state index is 0.265. The highest BCUT2D eigenvalue weighted by molar-refractivity contribution is 7.73. The van der Waals surface area contributed by atoms with Crippen LogP contribution in [0.1, 0.15) is 12.8 Å². The lowest BCUT2D eigenvalue weighted by atomic mass is 10.4. The molecule has 0 saturated carbocycles. The molecule has 1 aliphatic heterocycles. The van der Waals surface area contributed by atoms with Crippen molar-refractivity contribution in [1.82, 2.24) is 4.90 Å². The molecule has 1 saturated heterocycles. The van der Waals surface area contributed by atoms with Gasteiger partial charge in [0.15, 0.2) is 0 Å². The third-order valence-corrected chi connectivity index (χ3v) is 6.81. The zero-order valence-corrected chi connectivity index (χ0v) is 12.3. The van der Waals surface area contributed by atoms with E-state index in [1.54, 1.807) is 0 Å². The Morgan fingerprint density at radius 3 is 1.84 bits per heavy atom. The van der Waals surface area contributed by atoms with E-state index in [-0.39, 0.29) is 7.92 Å². The van der Waals surface area contributed by atoms with Crippen molar-refractivity contribution >= 4 is 18.5 Å². The largest absolute Gasteiger partial charge is 0.299 e. The van der Waals surface area contributed by atoms with Crippen LogP contribution in [-0.2, 0) is 0 Å². The van der Waals surface area contributed by atoms with Crippen molar-refractivity contribution < 1.29 is 0 Å². The van der Waals surface area contributed by atoms with Gasteiger partial charge in [-0.3, -0.25) is 4.90 Å². The Labute approximate surface area is 117 Å². The molecular formula is C17H20NP. The zero-order valence-electron chi connectivity index (χ0n) is 11.4. The molecular weight excluding hydrogens is 249 g/mol. The zero-order chi connectivity index (χ0) is 13.1. The minimum atomic E-state index is -0.265. The van der Waals surface area contributed by atoms with Crippen molar-refractivity contribution in [1.29, 1.82) is 0 Å². The molecule has 0 aliphatic carbocycles. The molecule has 0 radical (unpaired) electrons. The average Bonchev–Trinajstić information content (AvgIpc) is 2.88. The Kier molecular flexibility index (Phi) is 3.96. The Morgan fingerprint density at radius 2 is 1.42 bits per heavy atom. The van der Waals surface area contributed by atoms with E-state index in [0.29, 0.717) is 5.78 Å². The van der Waals surface area contributed by atoms with E-state index in [4.69, 9.17) is 0 Å². The summed E-state index contributed by atoms with van der Waals surface area (Å²) in [5.41, 5.74) is 0. The Hall–Kier alpha value is -1.17. The number of benzene rings is 2. The van der Waals surface area contributed by atoms with E-state index in [1.807, 2.05) is 0 Å². The van der Waals surface area contributed by atoms with Crippen molar-refractivity contribution in [3.63, 3.8) is 0 Å². The predicted molar refractivity (Wildman–Crippen MR) is 84.7 cm³/mol. The predicted octanol–water partition coefficient (Wildman–Crippen LogP) is 3.17. The van der Waals surface area contributed by atoms with E-state index in [0.717, 1.165) is 0 Å². The molecule has 0 amide bonds. The molecule has 2 aromatic carbocycles. The molecule has 1 atom stereocenters. The van der Waals surface area contributed by atoms with E-state index >= 15 is 0 Å². The van der Waals surface area contributed by atoms with Crippen molar-refractivity contribution in [2.24, 2.45) is 0 Å². The molecule has 1 fully saturated rings. The summed E-state index contributed by atoms with van der Waals surface area (Å²) in [7, 11) is 2.01. The van der Waals surface area contributed by atoms with Crippen molar-refractivity contribution in [2.45, 2.75) is 18.6 Å². The SMILES string of the molecule is CN1CCCC1P(c1ccccc1)c1ccccc1. The first kappa shape index (κ1) is 12.8. The van der Waals surface area contributed by atoms with Crippen molar-refractivity contribution in [3.8, 4) is 0 Å². The Balaban J connectivity index is 2.01. The molecule has 98 valence electrons. The van der Waals surface area contributed by atoms with Crippen LogP contribution in [0.25, 0.3) is 0 Å². The van der Waals surface area contributed by atoms with Gasteiger partial charge in [0.25, 0.3) is 0 Å². The first-order valence-electron chi connectivity index (χ1n) is 6.96. The summed E-state index contributed by atoms with van der Waals surface area (Å²) in [5, 5.41) is 3.00. The van der Waals surface area contributed by atoms with Gasteiger partial charge in [-0.1, -0.05) is 60.7 Å². The minimum Gasteiger partial charge on any atom is -0.299 e. The van der Waals surface area contributed by atoms with Crippen LogP contribution in [0.2, 0.25) is 0 Å². The van der Waals surface area contributed by atoms with Crippen molar-refractivity contribution in [2.75, 3.05) is 13.6 Å². The van der Waals surface area contributed by atoms with Gasteiger partial charge in [-0.15, -0.1) is 0 Å². The first-order chi connectivity index (χ1) is 9.36. The molecule has 19 heavy (non-hydrogen) atoms. The Morgan fingerprint density at radius 1 is 0.895 bits per heavy atom. The summed E-state index contributed by atoms with van der Waals surface area (Å²) >= 11 is 0. The van der Waals surface area contributed by atoms with Gasteiger partial charge in [0, 0.05) is 5.78 Å². The van der Waals surface area contributed by atoms with Gasteiger partial charge in [-0.2, -0.15) is 0 Å². The molecule has 2 aromatic rings. The molecule has 1 aliphatic rings. The van der Waals surface area contributed by atoms with Gasteiger partial charge < -0.3 is 0 Å². The van der Waals surface area contributed by atoms with Crippen LogP contribution in [0.5, 0.6) is 0 Å². The van der Waals surface area contributed by atoms with Crippen LogP contribution in [-0.4, -0.2) is 24.3 Å². The fourth-order valence-electron chi connectivity index (χ4n) is 2.89. The maximum absolute atomic E-state index is 2.55. The second-order valence-corrected chi connectivity index (χ2v) is 7.51. The molecule has 3 rings (SSSR count). The van der Waals surface area contributed by atoms with Crippen LogP contribution in [0.4, 0.5) is 0 Å². The molecule has 0 aromatic heterocycles. The van der Waals surface area contributed by atoms with Crippen LogP contribution in [0.15, 0.2) is 60.7 Å². The van der Waals surface area contributed by atoms with E-state index < -0.39 is 0 Å². The first-order valence-corrected chi connectivity index (χ1v) is 8.37. The third kappa shape index (κ3) is 2.73. The lowest BCUT2D eigenvalue weighted by molar-refractivity contribution is 0.388. The van der Waals surface area contributed by atoms with Crippen LogP contribution < -0.4 is 10.6 Å². The summed E-state index contributed by atoms with van der Waals surface area (Å²) in [5.74, 6) is 0.694. The number of likely N-dealkylation sites (tertiary alicyclic amines) is 1. The fourth-order valence-corrected chi connectivity index (χ4v) is 5.81. The second kappa shape index (κ2) is 5.86. The van der Waals surface area contributed by atoms with Crippen molar-refractivity contribution in [3.05, 3.63) is 60.7 Å². The lowest BCUT2D eigenvalue weighted by Crippen LogP contribution is -2.30. The standard InChI is InChI=1S/C17H20NP/c1-18-14-8-13-17(18)19(15-9-4-2-5-10-15)16-11-6-3-7-12-16/h2-7,9-12,17H,8,13-14H2,1H3. The number of hydrogen-bond acceptors (Lipinski definition) is 1. The Bertz CT molecular complexity index is 472. The number of hydrogen-bond donors (Lipinski definition) is 0. The van der Waals surface area contributed by atoms with Crippen LogP contribution in [0, 0.1) is 0 Å². The molecule has 0 spiro atoms. The van der Waals surface area contributed by atoms with Gasteiger partial charge in [-0.05, 0) is 45.0 Å². The average molecular weight is 269 g/mol. The highest BCUT2D eigenvalue weighted by Crippen LogP contribution is 2.45. The third-order valence-electron chi connectivity index (χ3n) is 3.85. The lowest BCUT2D eigenvalue weighted by Gasteiger charge is -2.30. The highest BCUT2D eigenvalue weighted by Gasteiger charge is 2.30. The summed E-state index contributed by atoms with van der Waals surface area (Å²) in [6, 6.07) is 22.1.